The van der Waals surface area contributed by atoms with E-state index < -0.39 is 57.5 Å². The number of rotatable bonds is 1. The van der Waals surface area contributed by atoms with Crippen molar-refractivity contribution < 1.29 is 36.6 Å². The van der Waals surface area contributed by atoms with E-state index in [1.165, 1.54) is 0 Å². The molecule has 0 saturated heterocycles. The molecule has 2 aromatic rings. The number of hydrogen-bond acceptors (Lipinski definition) is 2. The van der Waals surface area contributed by atoms with Gasteiger partial charge in [0.2, 0.25) is 5.82 Å². The molecule has 0 amide bonds. The molecule has 20 heavy (non-hydrogen) atoms. The second-order valence-electron chi connectivity index (χ2n) is 3.76. The van der Waals surface area contributed by atoms with Crippen molar-refractivity contribution in [3.8, 4) is 22.6 Å². The van der Waals surface area contributed by atoms with Gasteiger partial charge in [0, 0.05) is 11.6 Å². The van der Waals surface area contributed by atoms with E-state index in [0.29, 0.717) is 0 Å². The van der Waals surface area contributed by atoms with E-state index in [9.17, 15) is 31.4 Å². The van der Waals surface area contributed by atoms with Crippen LogP contribution in [0.5, 0.6) is 11.5 Å². The Morgan fingerprint density at radius 1 is 0.650 bits per heavy atom. The van der Waals surface area contributed by atoms with E-state index in [0.717, 1.165) is 0 Å². The van der Waals surface area contributed by atoms with Crippen molar-refractivity contribution >= 4 is 0 Å². The lowest BCUT2D eigenvalue weighted by Crippen LogP contribution is -2.00. The highest BCUT2D eigenvalue weighted by Crippen LogP contribution is 2.39. The lowest BCUT2D eigenvalue weighted by Gasteiger charge is -2.10. The molecule has 2 aromatic carbocycles. The summed E-state index contributed by atoms with van der Waals surface area (Å²) in [5.74, 6) is -14.4. The highest BCUT2D eigenvalue weighted by molar-refractivity contribution is 5.72. The smallest absolute Gasteiger partial charge is 0.204 e. The van der Waals surface area contributed by atoms with Gasteiger partial charge in [-0.05, 0) is 6.07 Å². The number of aromatic hydroxyl groups is 2. The standard InChI is InChI=1S/C12H4F6O2/c13-4-2-6(19)7(10(17)9(4)16)3-1-5(14)12(20)11(18)8(3)15/h1-2,19-20H. The lowest BCUT2D eigenvalue weighted by molar-refractivity contribution is 0.376. The van der Waals surface area contributed by atoms with Crippen LogP contribution in [0.1, 0.15) is 0 Å². The number of phenolic OH excluding ortho intramolecular Hbond substituents is 2. The average Bonchev–Trinajstić information content (AvgIpc) is 2.39. The van der Waals surface area contributed by atoms with E-state index in [1.54, 1.807) is 0 Å². The summed E-state index contributed by atoms with van der Waals surface area (Å²) in [4.78, 5) is 0. The first-order valence-corrected chi connectivity index (χ1v) is 4.99. The maximum atomic E-state index is 13.5. The summed E-state index contributed by atoms with van der Waals surface area (Å²) in [5.41, 5.74) is -2.47. The normalized spacial score (nSPS) is 10.9. The molecule has 2 nitrogen and oxygen atoms in total. The van der Waals surface area contributed by atoms with Gasteiger partial charge in [-0.3, -0.25) is 0 Å². The molecule has 0 aliphatic rings. The molecule has 0 unspecified atom stereocenters. The topological polar surface area (TPSA) is 40.5 Å². The van der Waals surface area contributed by atoms with Gasteiger partial charge in [-0.2, -0.15) is 4.39 Å². The van der Waals surface area contributed by atoms with Crippen LogP contribution in [0.4, 0.5) is 26.3 Å². The minimum Gasteiger partial charge on any atom is -0.507 e. The summed E-state index contributed by atoms with van der Waals surface area (Å²) < 4.78 is 79.1. The van der Waals surface area contributed by atoms with Crippen LogP contribution in [-0.4, -0.2) is 10.2 Å². The van der Waals surface area contributed by atoms with Crippen LogP contribution < -0.4 is 0 Å². The van der Waals surface area contributed by atoms with Gasteiger partial charge in [0.15, 0.2) is 34.8 Å². The molecule has 8 heteroatoms. The van der Waals surface area contributed by atoms with Gasteiger partial charge < -0.3 is 10.2 Å². The maximum absolute atomic E-state index is 13.5. The van der Waals surface area contributed by atoms with Gasteiger partial charge in [0.25, 0.3) is 0 Å². The Bertz CT molecular complexity index is 714. The quantitative estimate of drug-likeness (QED) is 0.479. The fraction of sp³-hybridized carbons (Fsp3) is 0. The van der Waals surface area contributed by atoms with Gasteiger partial charge in [0.05, 0.1) is 5.56 Å². The van der Waals surface area contributed by atoms with Gasteiger partial charge in [-0.15, -0.1) is 0 Å². The number of phenols is 2. The third kappa shape index (κ3) is 1.93. The summed E-state index contributed by atoms with van der Waals surface area (Å²) in [5, 5.41) is 18.1. The Balaban J connectivity index is 2.86. The predicted octanol–water partition coefficient (Wildman–Crippen LogP) is 3.60. The van der Waals surface area contributed by atoms with E-state index in [-0.39, 0.29) is 12.1 Å². The lowest BCUT2D eigenvalue weighted by atomic mass is 10.0. The SMILES string of the molecule is Oc1cc(F)c(F)c(F)c1-c1cc(F)c(O)c(F)c1F. The second kappa shape index (κ2) is 4.62. The highest BCUT2D eigenvalue weighted by atomic mass is 19.2. The molecule has 2 N–H and O–H groups in total. The maximum Gasteiger partial charge on any atom is 0.204 e. The Labute approximate surface area is 107 Å². The molecular weight excluding hydrogens is 290 g/mol. The van der Waals surface area contributed by atoms with Gasteiger partial charge in [0.1, 0.15) is 5.75 Å². The molecule has 0 aliphatic carbocycles. The Kier molecular flexibility index (Phi) is 3.24. The molecule has 2 rings (SSSR count). The second-order valence-corrected chi connectivity index (χ2v) is 3.76. The Morgan fingerprint density at radius 3 is 1.85 bits per heavy atom. The van der Waals surface area contributed by atoms with Crippen molar-refractivity contribution in [3.05, 3.63) is 47.0 Å². The van der Waals surface area contributed by atoms with Crippen molar-refractivity contribution in [2.75, 3.05) is 0 Å². The van der Waals surface area contributed by atoms with Crippen LogP contribution in [0.3, 0.4) is 0 Å². The Morgan fingerprint density at radius 2 is 1.25 bits per heavy atom. The zero-order valence-corrected chi connectivity index (χ0v) is 9.32. The molecule has 0 aliphatic heterocycles. The van der Waals surface area contributed by atoms with Crippen molar-refractivity contribution in [3.63, 3.8) is 0 Å². The fourth-order valence-electron chi connectivity index (χ4n) is 1.61. The zero-order valence-electron chi connectivity index (χ0n) is 9.32. The fourth-order valence-corrected chi connectivity index (χ4v) is 1.61. The molecule has 0 fully saturated rings. The minimum absolute atomic E-state index is 0.121. The largest absolute Gasteiger partial charge is 0.507 e. The average molecular weight is 294 g/mol. The van der Waals surface area contributed by atoms with Crippen molar-refractivity contribution in [2.45, 2.75) is 0 Å². The number of halogens is 6. The minimum atomic E-state index is -2.05. The molecule has 0 radical (unpaired) electrons. The summed E-state index contributed by atoms with van der Waals surface area (Å²) in [6.07, 6.45) is 0. The van der Waals surface area contributed by atoms with E-state index in [4.69, 9.17) is 5.11 Å². The predicted molar refractivity (Wildman–Crippen MR) is 55.0 cm³/mol. The van der Waals surface area contributed by atoms with E-state index in [2.05, 4.69) is 0 Å². The molecule has 0 heterocycles. The number of hydrogen-bond donors (Lipinski definition) is 2. The van der Waals surface area contributed by atoms with Gasteiger partial charge >= 0.3 is 0 Å². The monoisotopic (exact) mass is 294 g/mol. The molecule has 0 atom stereocenters. The van der Waals surface area contributed by atoms with Crippen LogP contribution in [0.2, 0.25) is 0 Å². The van der Waals surface area contributed by atoms with E-state index in [1.807, 2.05) is 0 Å². The molecule has 0 bridgehead atoms. The van der Waals surface area contributed by atoms with Crippen LogP contribution in [0.15, 0.2) is 12.1 Å². The van der Waals surface area contributed by atoms with Crippen molar-refractivity contribution in [1.82, 2.24) is 0 Å². The number of benzene rings is 2. The van der Waals surface area contributed by atoms with Crippen LogP contribution in [0.25, 0.3) is 11.1 Å². The first-order chi connectivity index (χ1) is 9.25. The third-order valence-corrected chi connectivity index (χ3v) is 2.55. The zero-order chi connectivity index (χ0) is 15.2. The molecule has 0 saturated carbocycles. The molecule has 0 aromatic heterocycles. The molecule has 0 spiro atoms. The van der Waals surface area contributed by atoms with Gasteiger partial charge in [-0.25, -0.2) is 22.0 Å². The Hall–Kier alpha value is -2.38. The summed E-state index contributed by atoms with van der Waals surface area (Å²) >= 11 is 0. The highest BCUT2D eigenvalue weighted by Gasteiger charge is 2.26. The van der Waals surface area contributed by atoms with Crippen LogP contribution in [0, 0.1) is 34.9 Å². The van der Waals surface area contributed by atoms with Crippen molar-refractivity contribution in [2.24, 2.45) is 0 Å². The first kappa shape index (κ1) is 14.0. The third-order valence-electron chi connectivity index (χ3n) is 2.55. The van der Waals surface area contributed by atoms with Crippen LogP contribution >= 0.6 is 0 Å². The van der Waals surface area contributed by atoms with Crippen LogP contribution in [-0.2, 0) is 0 Å². The summed E-state index contributed by atoms with van der Waals surface area (Å²) in [6.45, 7) is 0. The van der Waals surface area contributed by atoms with Gasteiger partial charge in [-0.1, -0.05) is 0 Å². The molecule has 106 valence electrons. The molecular formula is C12H4F6O2. The van der Waals surface area contributed by atoms with E-state index >= 15 is 0 Å². The summed E-state index contributed by atoms with van der Waals surface area (Å²) in [6, 6.07) is 0.263. The summed E-state index contributed by atoms with van der Waals surface area (Å²) in [7, 11) is 0. The van der Waals surface area contributed by atoms with Crippen molar-refractivity contribution in [1.29, 1.82) is 0 Å². The first-order valence-electron chi connectivity index (χ1n) is 4.99.